The van der Waals surface area contributed by atoms with E-state index < -0.39 is 23.4 Å². The molecule has 0 saturated carbocycles. The van der Waals surface area contributed by atoms with Gasteiger partial charge in [-0.2, -0.15) is 5.10 Å². The van der Waals surface area contributed by atoms with Crippen LogP contribution in [0.25, 0.3) is 0 Å². The summed E-state index contributed by atoms with van der Waals surface area (Å²) in [5, 5.41) is 8.98. The van der Waals surface area contributed by atoms with Crippen LogP contribution in [0.15, 0.2) is 54.7 Å². The Kier molecular flexibility index (Phi) is 4.74. The zero-order valence-corrected chi connectivity index (χ0v) is 13.7. The number of aryl methyl sites for hydroxylation is 1. The van der Waals surface area contributed by atoms with Crippen LogP contribution in [-0.4, -0.2) is 21.6 Å². The summed E-state index contributed by atoms with van der Waals surface area (Å²) in [6, 6.07) is 10.7. The molecule has 1 aromatic heterocycles. The molecular weight excluding hydrogens is 342 g/mol. The number of nitrogens with one attached hydrogen (secondary N) is 2. The third-order valence-electron chi connectivity index (χ3n) is 3.45. The van der Waals surface area contributed by atoms with Crippen molar-refractivity contribution >= 4 is 23.2 Å². The predicted octanol–water partition coefficient (Wildman–Crippen LogP) is 3.20. The summed E-state index contributed by atoms with van der Waals surface area (Å²) in [6.07, 6.45) is 1.37. The number of nitrogens with zero attached hydrogens (tertiary/aromatic N) is 2. The molecule has 1 heterocycles. The van der Waals surface area contributed by atoms with Gasteiger partial charge in [-0.1, -0.05) is 12.1 Å². The topological polar surface area (TPSA) is 76.0 Å². The molecule has 0 spiro atoms. The van der Waals surface area contributed by atoms with Crippen LogP contribution in [0.5, 0.6) is 0 Å². The zero-order valence-electron chi connectivity index (χ0n) is 13.7. The lowest BCUT2D eigenvalue weighted by Crippen LogP contribution is -2.19. The summed E-state index contributed by atoms with van der Waals surface area (Å²) in [5.74, 6) is -2.29. The maximum Gasteiger partial charge on any atom is 0.276 e. The molecule has 0 aliphatic carbocycles. The number of hydrogen-bond donors (Lipinski definition) is 2. The number of carbonyl (C=O) groups is 2. The van der Waals surface area contributed by atoms with E-state index in [1.54, 1.807) is 7.05 Å². The number of hydrogen-bond acceptors (Lipinski definition) is 3. The first-order valence-corrected chi connectivity index (χ1v) is 7.60. The SMILES string of the molecule is Cn1cc(C(=O)Nc2cccc(F)c2)c(C(=O)Nc2cccc(F)c2)n1. The van der Waals surface area contributed by atoms with E-state index in [9.17, 15) is 18.4 Å². The number of aromatic nitrogens is 2. The minimum absolute atomic E-state index is 0.00524. The van der Waals surface area contributed by atoms with Gasteiger partial charge in [0.05, 0.1) is 5.56 Å². The second-order valence-electron chi connectivity index (χ2n) is 5.49. The monoisotopic (exact) mass is 356 g/mol. The molecule has 0 bridgehead atoms. The van der Waals surface area contributed by atoms with Crippen molar-refractivity contribution in [3.63, 3.8) is 0 Å². The summed E-state index contributed by atoms with van der Waals surface area (Å²) in [5.41, 5.74) is 0.351. The van der Waals surface area contributed by atoms with Crippen molar-refractivity contribution in [2.75, 3.05) is 10.6 Å². The molecule has 2 aromatic carbocycles. The summed E-state index contributed by atoms with van der Waals surface area (Å²) in [6.45, 7) is 0. The van der Waals surface area contributed by atoms with Crippen molar-refractivity contribution in [3.8, 4) is 0 Å². The van der Waals surface area contributed by atoms with Crippen LogP contribution in [0.3, 0.4) is 0 Å². The molecule has 0 fully saturated rings. The highest BCUT2D eigenvalue weighted by Crippen LogP contribution is 2.16. The number of anilines is 2. The van der Waals surface area contributed by atoms with Crippen LogP contribution in [0, 0.1) is 11.6 Å². The minimum Gasteiger partial charge on any atom is -0.322 e. The first-order valence-electron chi connectivity index (χ1n) is 7.60. The largest absolute Gasteiger partial charge is 0.322 e. The number of rotatable bonds is 4. The van der Waals surface area contributed by atoms with E-state index >= 15 is 0 Å². The van der Waals surface area contributed by atoms with E-state index in [1.807, 2.05) is 0 Å². The fraction of sp³-hybridized carbons (Fsp3) is 0.0556. The average molecular weight is 356 g/mol. The van der Waals surface area contributed by atoms with Gasteiger partial charge >= 0.3 is 0 Å². The molecule has 2 amide bonds. The van der Waals surface area contributed by atoms with Gasteiger partial charge < -0.3 is 10.6 Å². The van der Waals surface area contributed by atoms with Crippen molar-refractivity contribution in [2.45, 2.75) is 0 Å². The molecule has 0 atom stereocenters. The van der Waals surface area contributed by atoms with Crippen LogP contribution >= 0.6 is 0 Å². The highest BCUT2D eigenvalue weighted by molar-refractivity contribution is 6.14. The van der Waals surface area contributed by atoms with Crippen molar-refractivity contribution in [3.05, 3.63) is 77.6 Å². The second-order valence-corrected chi connectivity index (χ2v) is 5.49. The van der Waals surface area contributed by atoms with E-state index in [-0.39, 0.29) is 22.6 Å². The Bertz CT molecular complexity index is 908. The molecule has 6 nitrogen and oxygen atoms in total. The summed E-state index contributed by atoms with van der Waals surface area (Å²) >= 11 is 0. The number of benzene rings is 2. The smallest absolute Gasteiger partial charge is 0.276 e. The lowest BCUT2D eigenvalue weighted by Gasteiger charge is -2.06. The molecule has 0 aliphatic heterocycles. The number of halogens is 2. The van der Waals surface area contributed by atoms with Crippen LogP contribution in [-0.2, 0) is 7.05 Å². The van der Waals surface area contributed by atoms with Crippen molar-refractivity contribution < 1.29 is 18.4 Å². The van der Waals surface area contributed by atoms with Crippen LogP contribution in [0.4, 0.5) is 20.2 Å². The first kappa shape index (κ1) is 17.3. The second kappa shape index (κ2) is 7.14. The highest BCUT2D eigenvalue weighted by Gasteiger charge is 2.22. The molecule has 8 heteroatoms. The fourth-order valence-corrected chi connectivity index (χ4v) is 2.34. The van der Waals surface area contributed by atoms with Gasteiger partial charge in [0, 0.05) is 24.6 Å². The van der Waals surface area contributed by atoms with E-state index in [0.717, 1.165) is 12.1 Å². The van der Waals surface area contributed by atoms with Gasteiger partial charge in [-0.25, -0.2) is 8.78 Å². The zero-order chi connectivity index (χ0) is 18.7. The Morgan fingerprint density at radius 1 is 0.923 bits per heavy atom. The summed E-state index contributed by atoms with van der Waals surface area (Å²) in [7, 11) is 1.55. The van der Waals surface area contributed by atoms with Crippen LogP contribution in [0.2, 0.25) is 0 Å². The normalized spacial score (nSPS) is 10.4. The quantitative estimate of drug-likeness (QED) is 0.754. The molecule has 132 valence electrons. The van der Waals surface area contributed by atoms with Gasteiger partial charge in [-0.3, -0.25) is 14.3 Å². The van der Waals surface area contributed by atoms with E-state index in [1.165, 1.54) is 47.3 Å². The van der Waals surface area contributed by atoms with E-state index in [2.05, 4.69) is 15.7 Å². The summed E-state index contributed by atoms with van der Waals surface area (Å²) in [4.78, 5) is 24.9. The fourth-order valence-electron chi connectivity index (χ4n) is 2.34. The molecular formula is C18H14F2N4O2. The Morgan fingerprint density at radius 3 is 2.00 bits per heavy atom. The van der Waals surface area contributed by atoms with E-state index in [0.29, 0.717) is 0 Å². The Hall–Kier alpha value is -3.55. The molecule has 3 rings (SSSR count). The van der Waals surface area contributed by atoms with Gasteiger partial charge in [0.15, 0.2) is 5.69 Å². The Labute approximate surface area is 147 Å². The standard InChI is InChI=1S/C18H14F2N4O2/c1-24-10-15(17(25)21-13-6-2-4-11(19)8-13)16(23-24)18(26)22-14-7-3-5-12(20)9-14/h2-10H,1H3,(H,21,25)(H,22,26). The summed E-state index contributed by atoms with van der Waals surface area (Å²) < 4.78 is 27.8. The molecule has 3 aromatic rings. The third-order valence-corrected chi connectivity index (χ3v) is 3.45. The first-order chi connectivity index (χ1) is 12.4. The predicted molar refractivity (Wildman–Crippen MR) is 91.9 cm³/mol. The van der Waals surface area contributed by atoms with Gasteiger partial charge in [0.2, 0.25) is 0 Å². The molecule has 26 heavy (non-hydrogen) atoms. The van der Waals surface area contributed by atoms with Gasteiger partial charge in [-0.05, 0) is 36.4 Å². The van der Waals surface area contributed by atoms with E-state index in [4.69, 9.17) is 0 Å². The van der Waals surface area contributed by atoms with Gasteiger partial charge in [0.1, 0.15) is 11.6 Å². The number of amides is 2. The molecule has 0 saturated heterocycles. The van der Waals surface area contributed by atoms with Crippen molar-refractivity contribution in [1.82, 2.24) is 9.78 Å². The Morgan fingerprint density at radius 2 is 1.46 bits per heavy atom. The van der Waals surface area contributed by atoms with Crippen molar-refractivity contribution in [1.29, 1.82) is 0 Å². The lowest BCUT2D eigenvalue weighted by atomic mass is 10.2. The maximum absolute atomic E-state index is 13.2. The third kappa shape index (κ3) is 3.92. The average Bonchev–Trinajstić information content (AvgIpc) is 2.97. The lowest BCUT2D eigenvalue weighted by molar-refractivity contribution is 0.0988. The van der Waals surface area contributed by atoms with Crippen molar-refractivity contribution in [2.24, 2.45) is 7.05 Å². The Balaban J connectivity index is 1.83. The van der Waals surface area contributed by atoms with Crippen LogP contribution in [0.1, 0.15) is 20.8 Å². The van der Waals surface area contributed by atoms with Gasteiger partial charge in [-0.15, -0.1) is 0 Å². The minimum atomic E-state index is -0.666. The van der Waals surface area contributed by atoms with Crippen LogP contribution < -0.4 is 10.6 Å². The maximum atomic E-state index is 13.2. The molecule has 0 radical (unpaired) electrons. The molecule has 2 N–H and O–H groups in total. The van der Waals surface area contributed by atoms with Gasteiger partial charge in [0.25, 0.3) is 11.8 Å². The molecule has 0 unspecified atom stereocenters. The molecule has 0 aliphatic rings. The number of carbonyl (C=O) groups excluding carboxylic acids is 2. The highest BCUT2D eigenvalue weighted by atomic mass is 19.1.